The van der Waals surface area contributed by atoms with E-state index in [1.165, 1.54) is 4.90 Å². The lowest BCUT2D eigenvalue weighted by Crippen LogP contribution is -2.15. The van der Waals surface area contributed by atoms with Gasteiger partial charge in [0.15, 0.2) is 0 Å². The smallest absolute Gasteiger partial charge is 0.146 e. The molecule has 0 spiro atoms. The van der Waals surface area contributed by atoms with Crippen molar-refractivity contribution < 1.29 is 8.78 Å². The Kier molecular flexibility index (Phi) is 2.87. The van der Waals surface area contributed by atoms with Crippen LogP contribution >= 0.6 is 11.6 Å². The Morgan fingerprint density at radius 3 is 2.67 bits per heavy atom. The maximum absolute atomic E-state index is 12.9. The standard InChI is InChI=1S/C8H8ClF2N/c1-12(5-9)8-4-6(10)2-3-7(8)11/h2-4H,5H2,1H3. The van der Waals surface area contributed by atoms with E-state index < -0.39 is 11.6 Å². The lowest BCUT2D eigenvalue weighted by molar-refractivity contribution is 0.598. The van der Waals surface area contributed by atoms with Gasteiger partial charge < -0.3 is 4.90 Å². The van der Waals surface area contributed by atoms with Crippen molar-refractivity contribution in [3.05, 3.63) is 29.8 Å². The Hall–Kier alpha value is -0.830. The van der Waals surface area contributed by atoms with E-state index >= 15 is 0 Å². The highest BCUT2D eigenvalue weighted by Gasteiger charge is 2.06. The van der Waals surface area contributed by atoms with Crippen LogP contribution in [-0.4, -0.2) is 13.1 Å². The molecule has 0 aliphatic heterocycles. The Bertz CT molecular complexity index is 278. The van der Waals surface area contributed by atoms with E-state index in [-0.39, 0.29) is 11.7 Å². The van der Waals surface area contributed by atoms with Gasteiger partial charge in [-0.1, -0.05) is 0 Å². The molecule has 0 atom stereocenters. The van der Waals surface area contributed by atoms with E-state index in [2.05, 4.69) is 0 Å². The molecule has 0 heterocycles. The predicted octanol–water partition coefficient (Wildman–Crippen LogP) is 2.60. The average Bonchev–Trinajstić information content (AvgIpc) is 2.08. The molecule has 0 aliphatic rings. The molecule has 12 heavy (non-hydrogen) atoms. The maximum atomic E-state index is 12.9. The highest BCUT2D eigenvalue weighted by molar-refractivity contribution is 6.18. The van der Waals surface area contributed by atoms with Crippen molar-refractivity contribution in [2.75, 3.05) is 18.0 Å². The third kappa shape index (κ3) is 1.85. The summed E-state index contributed by atoms with van der Waals surface area (Å²) in [5, 5.41) is 0. The van der Waals surface area contributed by atoms with Crippen LogP contribution in [0, 0.1) is 11.6 Å². The molecule has 0 aromatic heterocycles. The van der Waals surface area contributed by atoms with Gasteiger partial charge in [-0.3, -0.25) is 0 Å². The van der Waals surface area contributed by atoms with Crippen molar-refractivity contribution >= 4 is 17.3 Å². The van der Waals surface area contributed by atoms with Crippen molar-refractivity contribution in [2.24, 2.45) is 0 Å². The van der Waals surface area contributed by atoms with Gasteiger partial charge in [-0.25, -0.2) is 8.78 Å². The lowest BCUT2D eigenvalue weighted by atomic mass is 10.3. The number of anilines is 1. The molecule has 0 amide bonds. The molecule has 1 nitrogen and oxygen atoms in total. The molecule has 1 aromatic carbocycles. The van der Waals surface area contributed by atoms with E-state index in [0.717, 1.165) is 18.2 Å². The summed E-state index contributed by atoms with van der Waals surface area (Å²) in [7, 11) is 1.59. The molecule has 0 aliphatic carbocycles. The molecule has 0 radical (unpaired) electrons. The maximum Gasteiger partial charge on any atom is 0.146 e. The molecule has 0 N–H and O–H groups in total. The molecule has 0 saturated heterocycles. The Labute approximate surface area is 74.6 Å². The average molecular weight is 192 g/mol. The molecule has 4 heteroatoms. The zero-order chi connectivity index (χ0) is 9.14. The van der Waals surface area contributed by atoms with E-state index in [4.69, 9.17) is 11.6 Å². The Balaban J connectivity index is 3.04. The molecular formula is C8H8ClF2N. The number of benzene rings is 1. The number of halogens is 3. The van der Waals surface area contributed by atoms with Gasteiger partial charge in [-0.05, 0) is 12.1 Å². The van der Waals surface area contributed by atoms with Crippen molar-refractivity contribution in [3.63, 3.8) is 0 Å². The number of rotatable bonds is 2. The minimum Gasteiger partial charge on any atom is -0.358 e. The lowest BCUT2D eigenvalue weighted by Gasteiger charge is -2.15. The molecule has 1 rings (SSSR count). The zero-order valence-corrected chi connectivity index (χ0v) is 7.28. The summed E-state index contributed by atoms with van der Waals surface area (Å²) < 4.78 is 25.5. The van der Waals surface area contributed by atoms with Gasteiger partial charge in [-0.15, -0.1) is 11.6 Å². The summed E-state index contributed by atoms with van der Waals surface area (Å²) in [5.74, 6) is -0.942. The fraction of sp³-hybridized carbons (Fsp3) is 0.250. The third-order valence-electron chi connectivity index (χ3n) is 1.50. The summed E-state index contributed by atoms with van der Waals surface area (Å²) in [6, 6.07) is 3.38. The number of alkyl halides is 1. The van der Waals surface area contributed by atoms with Crippen molar-refractivity contribution in [3.8, 4) is 0 Å². The molecule has 0 saturated carbocycles. The highest BCUT2D eigenvalue weighted by Crippen LogP contribution is 2.19. The molecular weight excluding hydrogens is 184 g/mol. The SMILES string of the molecule is CN(CCl)c1cc(F)ccc1F. The second-order valence-electron chi connectivity index (χ2n) is 2.41. The fourth-order valence-electron chi connectivity index (χ4n) is 0.843. The van der Waals surface area contributed by atoms with Crippen LogP contribution in [0.3, 0.4) is 0 Å². The number of nitrogens with zero attached hydrogens (tertiary/aromatic N) is 1. The van der Waals surface area contributed by atoms with Gasteiger partial charge >= 0.3 is 0 Å². The summed E-state index contributed by atoms with van der Waals surface area (Å²) in [4.78, 5) is 1.42. The second-order valence-corrected chi connectivity index (χ2v) is 2.65. The topological polar surface area (TPSA) is 3.24 Å². The van der Waals surface area contributed by atoms with Crippen LogP contribution in [-0.2, 0) is 0 Å². The first kappa shape index (κ1) is 9.26. The number of hydrogen-bond donors (Lipinski definition) is 0. The van der Waals surface area contributed by atoms with Crippen LogP contribution in [0.4, 0.5) is 14.5 Å². The first-order chi connectivity index (χ1) is 5.65. The van der Waals surface area contributed by atoms with Crippen LogP contribution in [0.1, 0.15) is 0 Å². The van der Waals surface area contributed by atoms with Gasteiger partial charge in [0.1, 0.15) is 11.6 Å². The summed E-state index contributed by atoms with van der Waals surface area (Å²) in [5.41, 5.74) is 0.171. The van der Waals surface area contributed by atoms with Crippen LogP contribution in [0.2, 0.25) is 0 Å². The quantitative estimate of drug-likeness (QED) is 0.513. The minimum atomic E-state index is -0.473. The van der Waals surface area contributed by atoms with Crippen molar-refractivity contribution in [1.82, 2.24) is 0 Å². The highest BCUT2D eigenvalue weighted by atomic mass is 35.5. The Morgan fingerprint density at radius 2 is 2.08 bits per heavy atom. The van der Waals surface area contributed by atoms with Crippen LogP contribution < -0.4 is 4.90 Å². The van der Waals surface area contributed by atoms with Gasteiger partial charge in [0.25, 0.3) is 0 Å². The summed E-state index contributed by atoms with van der Waals surface area (Å²) >= 11 is 5.45. The van der Waals surface area contributed by atoms with Gasteiger partial charge in [0, 0.05) is 13.1 Å². The second kappa shape index (κ2) is 3.72. The molecule has 66 valence electrons. The van der Waals surface area contributed by atoms with E-state index in [1.807, 2.05) is 0 Å². The van der Waals surface area contributed by atoms with Crippen LogP contribution in [0.5, 0.6) is 0 Å². The molecule has 0 bridgehead atoms. The largest absolute Gasteiger partial charge is 0.358 e. The first-order valence-corrected chi connectivity index (χ1v) is 3.90. The zero-order valence-electron chi connectivity index (χ0n) is 6.52. The summed E-state index contributed by atoms with van der Waals surface area (Å²) in [6.45, 7) is 0. The molecule has 0 fully saturated rings. The molecule has 0 unspecified atom stereocenters. The predicted molar refractivity (Wildman–Crippen MR) is 45.5 cm³/mol. The van der Waals surface area contributed by atoms with Crippen LogP contribution in [0.25, 0.3) is 0 Å². The van der Waals surface area contributed by atoms with E-state index in [9.17, 15) is 8.78 Å². The third-order valence-corrected chi connectivity index (χ3v) is 1.86. The van der Waals surface area contributed by atoms with Crippen molar-refractivity contribution in [1.29, 1.82) is 0 Å². The van der Waals surface area contributed by atoms with Gasteiger partial charge in [0.05, 0.1) is 11.7 Å². The summed E-state index contributed by atoms with van der Waals surface area (Å²) in [6.07, 6.45) is 0. The minimum absolute atomic E-state index is 0.125. The van der Waals surface area contributed by atoms with Crippen LogP contribution in [0.15, 0.2) is 18.2 Å². The van der Waals surface area contributed by atoms with E-state index in [1.54, 1.807) is 7.05 Å². The van der Waals surface area contributed by atoms with E-state index in [0.29, 0.717) is 0 Å². The first-order valence-electron chi connectivity index (χ1n) is 3.37. The monoisotopic (exact) mass is 191 g/mol. The fourth-order valence-corrected chi connectivity index (χ4v) is 0.971. The Morgan fingerprint density at radius 1 is 1.42 bits per heavy atom. The van der Waals surface area contributed by atoms with Crippen molar-refractivity contribution in [2.45, 2.75) is 0 Å². The van der Waals surface area contributed by atoms with Gasteiger partial charge in [0.2, 0.25) is 0 Å². The van der Waals surface area contributed by atoms with Gasteiger partial charge in [-0.2, -0.15) is 0 Å². The normalized spacial score (nSPS) is 10.0. The molecule has 1 aromatic rings. The number of hydrogen-bond acceptors (Lipinski definition) is 1.